The van der Waals surface area contributed by atoms with Gasteiger partial charge in [-0.1, -0.05) is 37.0 Å². The van der Waals surface area contributed by atoms with Gasteiger partial charge < -0.3 is 9.47 Å². The molecule has 0 fully saturated rings. The third-order valence-electron chi connectivity index (χ3n) is 5.72. The zero-order valence-corrected chi connectivity index (χ0v) is 16.3. The molecule has 0 spiro atoms. The number of fused-ring (bicyclic) bond motifs is 2. The largest absolute Gasteiger partial charge is 0.487 e. The topological polar surface area (TPSA) is 18.5 Å². The Labute approximate surface area is 162 Å². The maximum atomic E-state index is 6.40. The van der Waals surface area contributed by atoms with E-state index >= 15 is 0 Å². The van der Waals surface area contributed by atoms with Crippen LogP contribution in [0.1, 0.15) is 50.7 Å². The minimum Gasteiger partial charge on any atom is -0.487 e. The minimum absolute atomic E-state index is 0.180. The lowest BCUT2D eigenvalue weighted by Crippen LogP contribution is -2.42. The summed E-state index contributed by atoms with van der Waals surface area (Å²) in [5, 5.41) is 0. The van der Waals surface area contributed by atoms with E-state index in [4.69, 9.17) is 9.47 Å². The van der Waals surface area contributed by atoms with E-state index < -0.39 is 0 Å². The number of ether oxygens (including phenoxy) is 2. The SMILES string of the molecule is C=C1C=Cc2cc3c(cc2O1)OC(C)(C)[C@@H](CC/C=C/C1=CCCC=C1)C3. The normalized spacial score (nSPS) is 22.7. The van der Waals surface area contributed by atoms with Crippen LogP contribution in [0.3, 0.4) is 0 Å². The van der Waals surface area contributed by atoms with Crippen molar-refractivity contribution in [1.82, 2.24) is 0 Å². The summed E-state index contributed by atoms with van der Waals surface area (Å²) in [5.74, 6) is 2.95. The van der Waals surface area contributed by atoms with Crippen LogP contribution in [0.2, 0.25) is 0 Å². The predicted octanol–water partition coefficient (Wildman–Crippen LogP) is 6.55. The fourth-order valence-corrected chi connectivity index (χ4v) is 4.06. The minimum atomic E-state index is -0.180. The van der Waals surface area contributed by atoms with E-state index in [1.54, 1.807) is 0 Å². The number of hydrogen-bond acceptors (Lipinski definition) is 2. The van der Waals surface area contributed by atoms with E-state index in [0.717, 1.165) is 42.7 Å². The molecular formula is C25H28O2. The first-order chi connectivity index (χ1) is 13.0. The Morgan fingerprint density at radius 1 is 1.15 bits per heavy atom. The van der Waals surface area contributed by atoms with Crippen molar-refractivity contribution in [2.24, 2.45) is 5.92 Å². The number of rotatable bonds is 4. The lowest BCUT2D eigenvalue weighted by molar-refractivity contribution is 0.0230. The molecule has 0 N–H and O–H groups in total. The van der Waals surface area contributed by atoms with Crippen LogP contribution < -0.4 is 9.47 Å². The Bertz CT molecular complexity index is 865. The van der Waals surface area contributed by atoms with Crippen LogP contribution in [0.25, 0.3) is 6.08 Å². The summed E-state index contributed by atoms with van der Waals surface area (Å²) in [6, 6.07) is 4.24. The number of allylic oxidation sites excluding steroid dienone is 7. The summed E-state index contributed by atoms with van der Waals surface area (Å²) >= 11 is 0. The molecule has 2 nitrogen and oxygen atoms in total. The number of benzene rings is 1. The predicted molar refractivity (Wildman–Crippen MR) is 112 cm³/mol. The van der Waals surface area contributed by atoms with Crippen LogP contribution in [0.15, 0.2) is 66.5 Å². The molecular weight excluding hydrogens is 332 g/mol. The Morgan fingerprint density at radius 3 is 2.85 bits per heavy atom. The summed E-state index contributed by atoms with van der Waals surface area (Å²) < 4.78 is 12.1. The van der Waals surface area contributed by atoms with Crippen LogP contribution in [-0.4, -0.2) is 5.60 Å². The van der Waals surface area contributed by atoms with Gasteiger partial charge in [0.25, 0.3) is 0 Å². The fourth-order valence-electron chi connectivity index (χ4n) is 4.06. The van der Waals surface area contributed by atoms with E-state index in [2.05, 4.69) is 62.9 Å². The van der Waals surface area contributed by atoms with Crippen molar-refractivity contribution in [3.63, 3.8) is 0 Å². The highest BCUT2D eigenvalue weighted by Gasteiger charge is 2.37. The molecule has 140 valence electrons. The highest BCUT2D eigenvalue weighted by molar-refractivity contribution is 5.66. The van der Waals surface area contributed by atoms with E-state index in [0.29, 0.717) is 11.7 Å². The monoisotopic (exact) mass is 360 g/mol. The Balaban J connectivity index is 1.46. The van der Waals surface area contributed by atoms with Gasteiger partial charge in [0.05, 0.1) is 0 Å². The molecule has 1 aromatic rings. The molecule has 0 amide bonds. The molecule has 27 heavy (non-hydrogen) atoms. The van der Waals surface area contributed by atoms with Crippen molar-refractivity contribution in [2.45, 2.75) is 51.6 Å². The van der Waals surface area contributed by atoms with Gasteiger partial charge in [-0.3, -0.25) is 0 Å². The summed E-state index contributed by atoms with van der Waals surface area (Å²) in [4.78, 5) is 0. The molecule has 2 aliphatic heterocycles. The molecule has 2 heteroatoms. The first kappa shape index (κ1) is 17.9. The van der Waals surface area contributed by atoms with Gasteiger partial charge in [-0.05, 0) is 75.3 Å². The molecule has 0 radical (unpaired) electrons. The second-order valence-electron chi connectivity index (χ2n) is 8.17. The van der Waals surface area contributed by atoms with Crippen LogP contribution in [0, 0.1) is 5.92 Å². The molecule has 0 unspecified atom stereocenters. The van der Waals surface area contributed by atoms with Gasteiger partial charge >= 0.3 is 0 Å². The molecule has 1 aliphatic carbocycles. The van der Waals surface area contributed by atoms with Gasteiger partial charge in [-0.25, -0.2) is 0 Å². The van der Waals surface area contributed by atoms with Crippen molar-refractivity contribution < 1.29 is 9.47 Å². The van der Waals surface area contributed by atoms with Crippen LogP contribution in [0.5, 0.6) is 11.5 Å². The van der Waals surface area contributed by atoms with E-state index in [9.17, 15) is 0 Å². The van der Waals surface area contributed by atoms with Crippen molar-refractivity contribution in [3.05, 3.63) is 77.6 Å². The van der Waals surface area contributed by atoms with Crippen molar-refractivity contribution in [1.29, 1.82) is 0 Å². The van der Waals surface area contributed by atoms with Gasteiger partial charge in [0.1, 0.15) is 22.9 Å². The summed E-state index contributed by atoms with van der Waals surface area (Å²) in [6.45, 7) is 8.29. The standard InChI is InChI=1S/C25H28O2/c1-18-13-14-20-15-21-16-22(12-8-7-11-19-9-5-4-6-10-19)25(2,3)27-24(21)17-23(20)26-18/h5,7,9-11,13-15,17,22H,1,4,6,8,12,16H2,2-3H3/b11-7+/t22-/m0/s1. The van der Waals surface area contributed by atoms with Crippen molar-refractivity contribution in [2.75, 3.05) is 0 Å². The highest BCUT2D eigenvalue weighted by Crippen LogP contribution is 2.43. The van der Waals surface area contributed by atoms with Crippen molar-refractivity contribution in [3.8, 4) is 11.5 Å². The average Bonchev–Trinajstić information content (AvgIpc) is 2.64. The zero-order valence-electron chi connectivity index (χ0n) is 16.3. The van der Waals surface area contributed by atoms with Gasteiger partial charge in [0.15, 0.2) is 0 Å². The van der Waals surface area contributed by atoms with Crippen LogP contribution in [0.4, 0.5) is 0 Å². The van der Waals surface area contributed by atoms with Crippen LogP contribution >= 0.6 is 0 Å². The molecule has 0 aromatic heterocycles. The molecule has 0 saturated heterocycles. The summed E-state index contributed by atoms with van der Waals surface area (Å²) in [7, 11) is 0. The van der Waals surface area contributed by atoms with E-state index in [1.807, 2.05) is 12.1 Å². The summed E-state index contributed by atoms with van der Waals surface area (Å²) in [5.41, 5.74) is 3.55. The van der Waals surface area contributed by atoms with Gasteiger partial charge in [-0.2, -0.15) is 0 Å². The maximum absolute atomic E-state index is 6.40. The van der Waals surface area contributed by atoms with Gasteiger partial charge in [0.2, 0.25) is 0 Å². The van der Waals surface area contributed by atoms with Gasteiger partial charge in [0, 0.05) is 17.5 Å². The smallest absolute Gasteiger partial charge is 0.138 e. The third kappa shape index (κ3) is 3.95. The Hall–Kier alpha value is -2.48. The average molecular weight is 360 g/mol. The summed E-state index contributed by atoms with van der Waals surface area (Å²) in [6.07, 6.45) is 20.9. The highest BCUT2D eigenvalue weighted by atomic mass is 16.5. The quantitative estimate of drug-likeness (QED) is 0.606. The first-order valence-electron chi connectivity index (χ1n) is 9.95. The molecule has 0 bridgehead atoms. The molecule has 1 atom stereocenters. The lowest BCUT2D eigenvalue weighted by Gasteiger charge is -2.40. The zero-order chi connectivity index (χ0) is 18.9. The van der Waals surface area contributed by atoms with E-state index in [1.165, 1.54) is 17.6 Å². The van der Waals surface area contributed by atoms with Crippen molar-refractivity contribution >= 4 is 6.08 Å². The molecule has 0 saturated carbocycles. The van der Waals surface area contributed by atoms with E-state index in [-0.39, 0.29) is 5.60 Å². The second kappa shape index (κ2) is 7.26. The second-order valence-corrected chi connectivity index (χ2v) is 8.17. The molecule has 2 heterocycles. The Kier molecular flexibility index (Phi) is 4.82. The molecule has 4 rings (SSSR count). The van der Waals surface area contributed by atoms with Gasteiger partial charge in [-0.15, -0.1) is 0 Å². The molecule has 3 aliphatic rings. The maximum Gasteiger partial charge on any atom is 0.138 e. The molecule has 1 aromatic carbocycles. The number of hydrogen-bond donors (Lipinski definition) is 0. The fraction of sp³-hybridized carbons (Fsp3) is 0.360. The lowest BCUT2D eigenvalue weighted by atomic mass is 9.79. The third-order valence-corrected chi connectivity index (χ3v) is 5.72. The van der Waals surface area contributed by atoms with Crippen LogP contribution in [-0.2, 0) is 6.42 Å². The first-order valence-corrected chi connectivity index (χ1v) is 9.95. The Morgan fingerprint density at radius 2 is 2.04 bits per heavy atom.